The topological polar surface area (TPSA) is 52.0 Å². The number of thioether (sulfide) groups is 1. The molecular formula is C24H20N4OS2. The van der Waals surface area contributed by atoms with Crippen molar-refractivity contribution in [1.29, 1.82) is 0 Å². The van der Waals surface area contributed by atoms with Crippen molar-refractivity contribution in [2.45, 2.75) is 24.2 Å². The molecule has 0 unspecified atom stereocenters. The number of thiophene rings is 1. The van der Waals surface area contributed by atoms with Crippen LogP contribution >= 0.6 is 23.1 Å². The maximum atomic E-state index is 6.64. The molecular weight excluding hydrogens is 424 g/mol. The Kier molecular flexibility index (Phi) is 4.40. The van der Waals surface area contributed by atoms with Crippen LogP contribution in [-0.4, -0.2) is 21.0 Å². The maximum absolute atomic E-state index is 6.64. The second-order valence-electron chi connectivity index (χ2n) is 7.64. The van der Waals surface area contributed by atoms with Gasteiger partial charge in [-0.3, -0.25) is 0 Å². The number of fused-ring (bicyclic) bond motifs is 3. The summed E-state index contributed by atoms with van der Waals surface area (Å²) in [6.45, 7) is 2.10. The summed E-state index contributed by atoms with van der Waals surface area (Å²) in [5.74, 6) is 1.64. The molecule has 4 aromatic rings. The quantitative estimate of drug-likeness (QED) is 0.397. The van der Waals surface area contributed by atoms with Gasteiger partial charge in [0.1, 0.15) is 17.9 Å². The van der Waals surface area contributed by atoms with Gasteiger partial charge >= 0.3 is 0 Å². The van der Waals surface area contributed by atoms with Crippen molar-refractivity contribution in [3.8, 4) is 5.75 Å². The SMILES string of the molecule is CSc1nc2n(n1)[C@H](c1cccs1)C1=C(N2)c2ccccc2O[C@H]1c1ccc(C)cc1. The van der Waals surface area contributed by atoms with E-state index < -0.39 is 0 Å². The number of rotatable bonds is 3. The van der Waals surface area contributed by atoms with Crippen molar-refractivity contribution in [2.75, 3.05) is 11.6 Å². The van der Waals surface area contributed by atoms with Crippen LogP contribution < -0.4 is 10.1 Å². The number of hydrogen-bond acceptors (Lipinski definition) is 6. The standard InChI is InChI=1S/C24H20N4OS2/c1-14-9-11-15(12-10-14)22-19-20(16-6-3-4-7-17(16)29-22)25-23-26-24(30-2)27-28(23)21(19)18-8-5-13-31-18/h3-13,21-22H,1-2H3,(H,25,26,27)/t21-,22+/m1/s1. The highest BCUT2D eigenvalue weighted by Crippen LogP contribution is 2.51. The van der Waals surface area contributed by atoms with Crippen LogP contribution in [0.5, 0.6) is 5.75 Å². The molecule has 0 radical (unpaired) electrons. The Hall–Kier alpha value is -3.03. The predicted molar refractivity (Wildman–Crippen MR) is 126 cm³/mol. The van der Waals surface area contributed by atoms with Gasteiger partial charge in [-0.2, -0.15) is 4.98 Å². The summed E-state index contributed by atoms with van der Waals surface area (Å²) < 4.78 is 8.65. The summed E-state index contributed by atoms with van der Waals surface area (Å²) in [5, 5.41) is 11.3. The molecule has 2 aliphatic heterocycles. The molecule has 0 saturated heterocycles. The van der Waals surface area contributed by atoms with E-state index in [2.05, 4.69) is 60.1 Å². The summed E-state index contributed by atoms with van der Waals surface area (Å²) in [7, 11) is 0. The van der Waals surface area contributed by atoms with E-state index >= 15 is 0 Å². The van der Waals surface area contributed by atoms with Gasteiger partial charge in [-0.25, -0.2) is 4.68 Å². The highest BCUT2D eigenvalue weighted by Gasteiger charge is 2.41. The first kappa shape index (κ1) is 18.7. The van der Waals surface area contributed by atoms with Crippen LogP contribution in [0.15, 0.2) is 76.8 Å². The molecule has 0 fully saturated rings. The molecule has 2 aromatic carbocycles. The zero-order valence-electron chi connectivity index (χ0n) is 17.1. The van der Waals surface area contributed by atoms with E-state index in [0.29, 0.717) is 0 Å². The van der Waals surface area contributed by atoms with E-state index in [4.69, 9.17) is 14.8 Å². The average Bonchev–Trinajstić information content (AvgIpc) is 3.47. The van der Waals surface area contributed by atoms with E-state index in [-0.39, 0.29) is 12.1 Å². The number of para-hydroxylation sites is 1. The molecule has 0 saturated carbocycles. The first-order valence-corrected chi connectivity index (χ1v) is 12.2. The van der Waals surface area contributed by atoms with E-state index in [0.717, 1.165) is 39.3 Å². The Morgan fingerprint density at radius 2 is 1.90 bits per heavy atom. The van der Waals surface area contributed by atoms with Gasteiger partial charge in [-0.15, -0.1) is 16.4 Å². The summed E-state index contributed by atoms with van der Waals surface area (Å²) in [6, 6.07) is 21.0. The smallest absolute Gasteiger partial charge is 0.227 e. The van der Waals surface area contributed by atoms with Crippen molar-refractivity contribution in [3.63, 3.8) is 0 Å². The Morgan fingerprint density at radius 3 is 2.68 bits per heavy atom. The van der Waals surface area contributed by atoms with Crippen LogP contribution in [0.4, 0.5) is 5.95 Å². The molecule has 154 valence electrons. The molecule has 2 atom stereocenters. The van der Waals surface area contributed by atoms with Crippen molar-refractivity contribution in [1.82, 2.24) is 14.8 Å². The van der Waals surface area contributed by atoms with Crippen molar-refractivity contribution in [3.05, 3.63) is 93.2 Å². The molecule has 0 aliphatic carbocycles. The average molecular weight is 445 g/mol. The monoisotopic (exact) mass is 444 g/mol. The molecule has 6 rings (SSSR count). The molecule has 2 aromatic heterocycles. The van der Waals surface area contributed by atoms with E-state index in [9.17, 15) is 0 Å². The molecule has 0 bridgehead atoms. The largest absolute Gasteiger partial charge is 0.480 e. The van der Waals surface area contributed by atoms with Gasteiger partial charge < -0.3 is 10.1 Å². The van der Waals surface area contributed by atoms with E-state index in [1.165, 1.54) is 10.4 Å². The first-order chi connectivity index (χ1) is 15.2. The highest BCUT2D eigenvalue weighted by molar-refractivity contribution is 7.98. The minimum Gasteiger partial charge on any atom is -0.480 e. The molecule has 5 nitrogen and oxygen atoms in total. The number of ether oxygens (including phenoxy) is 1. The number of aryl methyl sites for hydroxylation is 1. The fourth-order valence-corrected chi connectivity index (χ4v) is 5.46. The normalized spacial score (nSPS) is 19.2. The fraction of sp³-hybridized carbons (Fsp3) is 0.167. The minimum atomic E-state index is -0.222. The number of nitrogens with zero attached hydrogens (tertiary/aromatic N) is 3. The van der Waals surface area contributed by atoms with Crippen molar-refractivity contribution >= 4 is 34.7 Å². The summed E-state index contributed by atoms with van der Waals surface area (Å²) in [5.41, 5.74) is 5.65. The number of nitrogens with one attached hydrogen (secondary N) is 1. The predicted octanol–water partition coefficient (Wildman–Crippen LogP) is 5.93. The van der Waals surface area contributed by atoms with Gasteiger partial charge in [-0.1, -0.05) is 59.8 Å². The fourth-order valence-electron chi connectivity index (χ4n) is 4.28. The Morgan fingerprint density at radius 1 is 1.06 bits per heavy atom. The zero-order chi connectivity index (χ0) is 20.9. The van der Waals surface area contributed by atoms with Crippen LogP contribution in [0.2, 0.25) is 0 Å². The Labute approximate surface area is 188 Å². The van der Waals surface area contributed by atoms with Gasteiger partial charge in [0.15, 0.2) is 0 Å². The van der Waals surface area contributed by atoms with Crippen LogP contribution in [-0.2, 0) is 0 Å². The second-order valence-corrected chi connectivity index (χ2v) is 9.40. The summed E-state index contributed by atoms with van der Waals surface area (Å²) in [4.78, 5) is 5.95. The minimum absolute atomic E-state index is 0.0840. The third-order valence-corrected chi connectivity index (χ3v) is 7.20. The Balaban J connectivity index is 1.62. The highest BCUT2D eigenvalue weighted by atomic mass is 32.2. The number of aromatic nitrogens is 3. The van der Waals surface area contributed by atoms with E-state index in [1.54, 1.807) is 23.1 Å². The summed E-state index contributed by atoms with van der Waals surface area (Å²) >= 11 is 3.28. The summed E-state index contributed by atoms with van der Waals surface area (Å²) in [6.07, 6.45) is 1.78. The van der Waals surface area contributed by atoms with Gasteiger partial charge in [-0.05, 0) is 42.3 Å². The lowest BCUT2D eigenvalue weighted by atomic mass is 9.87. The first-order valence-electron chi connectivity index (χ1n) is 10.1. The van der Waals surface area contributed by atoms with Crippen LogP contribution in [0.25, 0.3) is 5.70 Å². The number of anilines is 1. The third kappa shape index (κ3) is 2.99. The van der Waals surface area contributed by atoms with Gasteiger partial charge in [0.2, 0.25) is 11.1 Å². The number of hydrogen-bond donors (Lipinski definition) is 1. The molecule has 0 spiro atoms. The van der Waals surface area contributed by atoms with Crippen LogP contribution in [0, 0.1) is 6.92 Å². The van der Waals surface area contributed by atoms with Gasteiger partial charge in [0, 0.05) is 16.0 Å². The van der Waals surface area contributed by atoms with Gasteiger partial charge in [0.05, 0.1) is 5.70 Å². The van der Waals surface area contributed by atoms with Crippen LogP contribution in [0.1, 0.15) is 33.7 Å². The van der Waals surface area contributed by atoms with E-state index in [1.807, 2.05) is 29.1 Å². The lowest BCUT2D eigenvalue weighted by Gasteiger charge is -2.38. The molecule has 7 heteroatoms. The lowest BCUT2D eigenvalue weighted by Crippen LogP contribution is -2.32. The van der Waals surface area contributed by atoms with Crippen molar-refractivity contribution < 1.29 is 4.74 Å². The van der Waals surface area contributed by atoms with Crippen LogP contribution in [0.3, 0.4) is 0 Å². The molecule has 2 aliphatic rings. The maximum Gasteiger partial charge on any atom is 0.227 e. The lowest BCUT2D eigenvalue weighted by molar-refractivity contribution is 0.223. The second kappa shape index (κ2) is 7.28. The molecule has 0 amide bonds. The molecule has 4 heterocycles. The third-order valence-electron chi connectivity index (χ3n) is 5.74. The Bertz CT molecular complexity index is 1290. The van der Waals surface area contributed by atoms with Gasteiger partial charge in [0.25, 0.3) is 0 Å². The van der Waals surface area contributed by atoms with Crippen molar-refractivity contribution in [2.24, 2.45) is 0 Å². The molecule has 31 heavy (non-hydrogen) atoms. The molecule has 1 N–H and O–H groups in total. The zero-order valence-corrected chi connectivity index (χ0v) is 18.7. The number of benzene rings is 2.